The molecule has 0 fully saturated rings. The van der Waals surface area contributed by atoms with Gasteiger partial charge in [0.05, 0.1) is 39.9 Å². The van der Waals surface area contributed by atoms with E-state index in [4.69, 9.17) is 9.05 Å². The second-order valence-electron chi connectivity index (χ2n) is 24.9. The highest BCUT2D eigenvalue weighted by Crippen LogP contribution is 2.43. The predicted molar refractivity (Wildman–Crippen MR) is 328 cm³/mol. The van der Waals surface area contributed by atoms with Crippen molar-refractivity contribution in [3.8, 4) is 0 Å². The highest BCUT2D eigenvalue weighted by atomic mass is 31.2. The zero-order valence-electron chi connectivity index (χ0n) is 51.6. The smallest absolute Gasteiger partial charge is 0.391 e. The van der Waals surface area contributed by atoms with E-state index in [1.165, 1.54) is 302 Å². The van der Waals surface area contributed by atoms with Crippen molar-refractivity contribution in [1.82, 2.24) is 5.32 Å². The van der Waals surface area contributed by atoms with Crippen molar-refractivity contribution in [1.29, 1.82) is 0 Å². The van der Waals surface area contributed by atoms with Gasteiger partial charge in [0.25, 0.3) is 0 Å². The number of phosphoric ester groups is 1. The van der Waals surface area contributed by atoms with Crippen LogP contribution in [0.2, 0.25) is 0 Å². The molecular weight excluding hydrogens is 948 g/mol. The lowest BCUT2D eigenvalue weighted by Gasteiger charge is -2.26. The lowest BCUT2D eigenvalue weighted by Crippen LogP contribution is -2.46. The summed E-state index contributed by atoms with van der Waals surface area (Å²) < 4.78 is 23.9. The predicted octanol–water partition coefficient (Wildman–Crippen LogP) is 21.2. The van der Waals surface area contributed by atoms with E-state index in [-0.39, 0.29) is 19.1 Å². The van der Waals surface area contributed by atoms with E-state index in [1.54, 1.807) is 0 Å². The Hall–Kier alpha value is -0.500. The maximum Gasteiger partial charge on any atom is 0.472 e. The Balaban J connectivity index is 4.01. The van der Waals surface area contributed by atoms with Crippen molar-refractivity contribution in [2.24, 2.45) is 0 Å². The molecule has 0 aromatic heterocycles. The molecule has 0 aliphatic heterocycles. The Kier molecular flexibility index (Phi) is 57.8. The molecule has 0 saturated carbocycles. The zero-order valence-corrected chi connectivity index (χ0v) is 52.5. The minimum atomic E-state index is -4.32. The quantitative estimate of drug-likeness (QED) is 0.0318. The van der Waals surface area contributed by atoms with E-state index < -0.39 is 20.0 Å². The van der Waals surface area contributed by atoms with Crippen LogP contribution in [0.1, 0.15) is 367 Å². The second-order valence-corrected chi connectivity index (χ2v) is 26.4. The van der Waals surface area contributed by atoms with Gasteiger partial charge in [0.1, 0.15) is 13.2 Å². The molecule has 0 spiro atoms. The van der Waals surface area contributed by atoms with Crippen molar-refractivity contribution in [2.75, 3.05) is 40.9 Å². The third kappa shape index (κ3) is 61.0. The summed E-state index contributed by atoms with van der Waals surface area (Å²) in [7, 11) is 1.64. The number of hydrogen-bond donors (Lipinski definition) is 3. The Labute approximate surface area is 470 Å². The third-order valence-electron chi connectivity index (χ3n) is 16.1. The maximum atomic E-state index is 13.1. The van der Waals surface area contributed by atoms with Crippen LogP contribution in [0.3, 0.4) is 0 Å². The van der Waals surface area contributed by atoms with Gasteiger partial charge in [0.15, 0.2) is 0 Å². The van der Waals surface area contributed by atoms with Gasteiger partial charge < -0.3 is 19.8 Å². The SMILES string of the molecule is CCCCCCCCCCCCCCCCCCCCCCCCCCCCCCCC(O)C(COP(=O)(O)OCC[N+](C)(C)C)NC(=O)CCCCCCCCCCCCCCCCCCCCCCCCCC. The van der Waals surface area contributed by atoms with E-state index in [9.17, 15) is 19.4 Å². The molecule has 0 heterocycles. The molecule has 3 N–H and O–H groups in total. The standard InChI is InChI=1S/C66H135N2O6P/c1-6-8-10-12-14-16-18-20-22-24-26-28-30-32-33-34-35-36-37-39-41-43-45-47-49-51-53-55-57-59-65(69)64(63-74-75(71,72)73-62-61-68(3,4)5)67-66(70)60-58-56-54-52-50-48-46-44-42-40-38-31-29-27-25-23-21-19-17-15-13-11-9-7-2/h64-65,69H,6-63H2,1-5H3,(H-,67,70,71,72)/p+1. The number of hydrogen-bond acceptors (Lipinski definition) is 5. The van der Waals surface area contributed by atoms with Crippen LogP contribution in [-0.2, 0) is 18.4 Å². The molecule has 0 radical (unpaired) electrons. The molecule has 1 amide bonds. The summed E-state index contributed by atoms with van der Waals surface area (Å²) in [4.78, 5) is 23.4. The summed E-state index contributed by atoms with van der Waals surface area (Å²) >= 11 is 0. The molecule has 0 rings (SSSR count). The van der Waals surface area contributed by atoms with Crippen LogP contribution in [0.4, 0.5) is 0 Å². The van der Waals surface area contributed by atoms with Crippen LogP contribution in [0, 0.1) is 0 Å². The Morgan fingerprint density at radius 2 is 0.640 bits per heavy atom. The van der Waals surface area contributed by atoms with Gasteiger partial charge in [-0.25, -0.2) is 4.57 Å². The number of amides is 1. The number of nitrogens with zero attached hydrogens (tertiary/aromatic N) is 1. The first-order valence-electron chi connectivity index (χ1n) is 33.9. The number of unbranched alkanes of at least 4 members (excludes halogenated alkanes) is 51. The molecule has 0 bridgehead atoms. The molecule has 450 valence electrons. The van der Waals surface area contributed by atoms with Crippen LogP contribution in [0.5, 0.6) is 0 Å². The van der Waals surface area contributed by atoms with Crippen LogP contribution in [0.25, 0.3) is 0 Å². The van der Waals surface area contributed by atoms with Gasteiger partial charge >= 0.3 is 7.82 Å². The molecule has 0 aromatic carbocycles. The molecule has 3 atom stereocenters. The first-order chi connectivity index (χ1) is 36.5. The van der Waals surface area contributed by atoms with Crippen LogP contribution in [-0.4, -0.2) is 73.4 Å². The van der Waals surface area contributed by atoms with E-state index in [0.717, 1.165) is 38.5 Å². The van der Waals surface area contributed by atoms with Crippen LogP contribution in [0.15, 0.2) is 0 Å². The van der Waals surface area contributed by atoms with Gasteiger partial charge in [0.2, 0.25) is 5.91 Å². The van der Waals surface area contributed by atoms with Gasteiger partial charge in [-0.1, -0.05) is 348 Å². The molecule has 0 saturated heterocycles. The molecule has 0 aromatic rings. The average Bonchev–Trinajstić information content (AvgIpc) is 3.37. The van der Waals surface area contributed by atoms with Crippen molar-refractivity contribution in [3.63, 3.8) is 0 Å². The summed E-state index contributed by atoms with van der Waals surface area (Å²) in [6.45, 7) is 4.96. The average molecular weight is 1080 g/mol. The maximum absolute atomic E-state index is 13.1. The van der Waals surface area contributed by atoms with E-state index in [1.807, 2.05) is 21.1 Å². The van der Waals surface area contributed by atoms with Crippen molar-refractivity contribution >= 4 is 13.7 Å². The summed E-state index contributed by atoms with van der Waals surface area (Å²) in [5.41, 5.74) is 0. The number of aliphatic hydroxyl groups excluding tert-OH is 1. The fourth-order valence-electron chi connectivity index (χ4n) is 10.8. The minimum absolute atomic E-state index is 0.0794. The first-order valence-corrected chi connectivity index (χ1v) is 35.4. The lowest BCUT2D eigenvalue weighted by molar-refractivity contribution is -0.870. The number of carbonyl (C=O) groups excluding carboxylic acids is 1. The number of likely N-dealkylation sites (N-methyl/N-ethyl adjacent to an activating group) is 1. The van der Waals surface area contributed by atoms with Crippen LogP contribution < -0.4 is 5.32 Å². The number of quaternary nitrogens is 1. The fourth-order valence-corrected chi connectivity index (χ4v) is 11.6. The molecule has 9 heteroatoms. The number of rotatable bonds is 64. The molecule has 0 aliphatic rings. The van der Waals surface area contributed by atoms with Gasteiger partial charge in [-0.2, -0.15) is 0 Å². The Morgan fingerprint density at radius 1 is 0.400 bits per heavy atom. The lowest BCUT2D eigenvalue weighted by atomic mass is 10.0. The largest absolute Gasteiger partial charge is 0.472 e. The normalized spacial score (nSPS) is 13.6. The van der Waals surface area contributed by atoms with Crippen molar-refractivity contribution < 1.29 is 32.9 Å². The van der Waals surface area contributed by atoms with E-state index in [2.05, 4.69) is 19.2 Å². The third-order valence-corrected chi connectivity index (χ3v) is 17.1. The Bertz CT molecular complexity index is 1180. The van der Waals surface area contributed by atoms with Crippen molar-refractivity contribution in [2.45, 2.75) is 379 Å². The molecule has 8 nitrogen and oxygen atoms in total. The molecular formula is C66H136N2O6P+. The van der Waals surface area contributed by atoms with Crippen molar-refractivity contribution in [3.05, 3.63) is 0 Å². The van der Waals surface area contributed by atoms with E-state index >= 15 is 0 Å². The summed E-state index contributed by atoms with van der Waals surface area (Å²) in [6, 6.07) is -0.756. The van der Waals surface area contributed by atoms with E-state index in [0.29, 0.717) is 23.9 Å². The molecule has 75 heavy (non-hydrogen) atoms. The van der Waals surface area contributed by atoms with Gasteiger partial charge in [-0.15, -0.1) is 0 Å². The first kappa shape index (κ1) is 74.5. The number of nitrogens with one attached hydrogen (secondary N) is 1. The fraction of sp³-hybridized carbons (Fsp3) is 0.985. The topological polar surface area (TPSA) is 105 Å². The summed E-state index contributed by atoms with van der Waals surface area (Å²) in [6.07, 6.45) is 72.0. The number of phosphoric acid groups is 1. The Morgan fingerprint density at radius 3 is 0.893 bits per heavy atom. The summed E-state index contributed by atoms with van der Waals surface area (Å²) in [5.74, 6) is -0.134. The summed E-state index contributed by atoms with van der Waals surface area (Å²) in [5, 5.41) is 14.1. The minimum Gasteiger partial charge on any atom is -0.391 e. The van der Waals surface area contributed by atoms with Gasteiger partial charge in [0, 0.05) is 6.42 Å². The number of carbonyl (C=O) groups is 1. The number of aliphatic hydroxyl groups is 1. The molecule has 0 aliphatic carbocycles. The second kappa shape index (κ2) is 58.2. The molecule has 3 unspecified atom stereocenters. The highest BCUT2D eigenvalue weighted by Gasteiger charge is 2.28. The highest BCUT2D eigenvalue weighted by molar-refractivity contribution is 7.47. The van der Waals surface area contributed by atoms with Gasteiger partial charge in [-0.3, -0.25) is 13.8 Å². The zero-order chi connectivity index (χ0) is 54.9. The van der Waals surface area contributed by atoms with Gasteiger partial charge in [-0.05, 0) is 12.8 Å². The van der Waals surface area contributed by atoms with Crippen LogP contribution >= 0.6 is 7.82 Å². The monoisotopic (exact) mass is 1080 g/mol.